The van der Waals surface area contributed by atoms with Crippen LogP contribution in [0, 0.1) is 19.3 Å². The van der Waals surface area contributed by atoms with Crippen LogP contribution in [0.2, 0.25) is 0 Å². The second-order valence-corrected chi connectivity index (χ2v) is 5.34. The molecule has 0 saturated carbocycles. The summed E-state index contributed by atoms with van der Waals surface area (Å²) in [7, 11) is 0. The van der Waals surface area contributed by atoms with E-state index in [0.717, 1.165) is 11.1 Å². The first-order chi connectivity index (χ1) is 10.5. The van der Waals surface area contributed by atoms with Gasteiger partial charge in [0.05, 0.1) is 5.54 Å². The number of nitrogens with one attached hydrogen (secondary N) is 1. The molecular weight excluding hydrogens is 278 g/mol. The molecule has 114 valence electrons. The van der Waals surface area contributed by atoms with Crippen LogP contribution in [0.3, 0.4) is 0 Å². The Hall–Kier alpha value is -2.68. The van der Waals surface area contributed by atoms with E-state index in [-0.39, 0.29) is 12.5 Å². The highest BCUT2D eigenvalue weighted by Gasteiger charge is 2.21. The van der Waals surface area contributed by atoms with Crippen LogP contribution in [0.15, 0.2) is 24.3 Å². The van der Waals surface area contributed by atoms with Crippen molar-refractivity contribution in [2.45, 2.75) is 39.3 Å². The predicted octanol–water partition coefficient (Wildman–Crippen LogP) is 1.57. The number of aryl methyl sites for hydroxylation is 1. The van der Waals surface area contributed by atoms with Gasteiger partial charge in [0.15, 0.2) is 0 Å². The van der Waals surface area contributed by atoms with E-state index < -0.39 is 5.54 Å². The van der Waals surface area contributed by atoms with Crippen molar-refractivity contribution in [1.82, 2.24) is 25.5 Å². The normalized spacial score (nSPS) is 13.2. The highest BCUT2D eigenvalue weighted by atomic mass is 16.2. The van der Waals surface area contributed by atoms with Crippen molar-refractivity contribution in [3.63, 3.8) is 0 Å². The van der Waals surface area contributed by atoms with Crippen LogP contribution in [0.5, 0.6) is 0 Å². The Morgan fingerprint density at radius 3 is 2.82 bits per heavy atom. The van der Waals surface area contributed by atoms with Gasteiger partial charge in [0.25, 0.3) is 0 Å². The summed E-state index contributed by atoms with van der Waals surface area (Å²) in [4.78, 5) is 13.3. The number of amides is 1. The lowest BCUT2D eigenvalue weighted by molar-refractivity contribution is -0.123. The fourth-order valence-electron chi connectivity index (χ4n) is 1.94. The molecule has 1 aromatic carbocycles. The van der Waals surface area contributed by atoms with Crippen LogP contribution in [0.25, 0.3) is 11.4 Å². The molecule has 1 N–H and O–H groups in total. The standard InChI is InChI=1S/C16H19N5O/c1-5-16(4,6-2)17-14(22)11-21-19-15(18-20-21)13-10-8-7-9-12(13)3/h1,7-10H,6,11H2,2-4H3,(H,17,22)/t16-/m1/s1. The van der Waals surface area contributed by atoms with Gasteiger partial charge in [-0.2, -0.15) is 4.80 Å². The highest BCUT2D eigenvalue weighted by molar-refractivity contribution is 5.77. The van der Waals surface area contributed by atoms with Crippen LogP contribution in [-0.2, 0) is 11.3 Å². The van der Waals surface area contributed by atoms with Gasteiger partial charge in [-0.1, -0.05) is 37.1 Å². The zero-order valence-electron chi connectivity index (χ0n) is 13.0. The molecule has 1 amide bonds. The summed E-state index contributed by atoms with van der Waals surface area (Å²) in [5.41, 5.74) is 1.30. The van der Waals surface area contributed by atoms with Crippen molar-refractivity contribution >= 4 is 5.91 Å². The van der Waals surface area contributed by atoms with E-state index in [1.807, 2.05) is 38.1 Å². The van der Waals surface area contributed by atoms with Crippen LogP contribution < -0.4 is 5.32 Å². The summed E-state index contributed by atoms with van der Waals surface area (Å²) in [6, 6.07) is 7.75. The van der Waals surface area contributed by atoms with Crippen molar-refractivity contribution in [3.8, 4) is 23.7 Å². The highest BCUT2D eigenvalue weighted by Crippen LogP contribution is 2.17. The fraction of sp³-hybridized carbons (Fsp3) is 0.375. The van der Waals surface area contributed by atoms with Crippen LogP contribution in [0.1, 0.15) is 25.8 Å². The molecule has 2 aromatic rings. The first-order valence-corrected chi connectivity index (χ1v) is 7.10. The van der Waals surface area contributed by atoms with E-state index in [9.17, 15) is 4.79 Å². The van der Waals surface area contributed by atoms with E-state index in [1.165, 1.54) is 4.80 Å². The molecule has 0 saturated heterocycles. The monoisotopic (exact) mass is 297 g/mol. The molecule has 0 unspecified atom stereocenters. The molecule has 0 aliphatic carbocycles. The van der Waals surface area contributed by atoms with Gasteiger partial charge in [0.1, 0.15) is 6.54 Å². The molecule has 2 rings (SSSR count). The van der Waals surface area contributed by atoms with Crippen LogP contribution in [0.4, 0.5) is 0 Å². The predicted molar refractivity (Wildman–Crippen MR) is 83.7 cm³/mol. The minimum atomic E-state index is -0.656. The minimum absolute atomic E-state index is 0.0177. The summed E-state index contributed by atoms with van der Waals surface area (Å²) in [6.45, 7) is 5.68. The lowest BCUT2D eigenvalue weighted by Crippen LogP contribution is -2.45. The second-order valence-electron chi connectivity index (χ2n) is 5.34. The molecule has 0 fully saturated rings. The molecule has 22 heavy (non-hydrogen) atoms. The molecule has 0 aliphatic rings. The zero-order chi connectivity index (χ0) is 16.2. The molecule has 6 heteroatoms. The Bertz CT molecular complexity index is 715. The summed E-state index contributed by atoms with van der Waals surface area (Å²) in [6.07, 6.45) is 6.09. The van der Waals surface area contributed by atoms with Crippen molar-refractivity contribution in [3.05, 3.63) is 29.8 Å². The summed E-state index contributed by atoms with van der Waals surface area (Å²) >= 11 is 0. The summed E-state index contributed by atoms with van der Waals surface area (Å²) in [5.74, 6) is 2.85. The largest absolute Gasteiger partial charge is 0.338 e. The Morgan fingerprint density at radius 1 is 1.45 bits per heavy atom. The summed E-state index contributed by atoms with van der Waals surface area (Å²) in [5, 5.41) is 15.0. The van der Waals surface area contributed by atoms with Gasteiger partial charge >= 0.3 is 0 Å². The maximum atomic E-state index is 12.0. The first kappa shape index (κ1) is 15.7. The number of hydrogen-bond donors (Lipinski definition) is 1. The Kier molecular flexibility index (Phi) is 4.56. The maximum Gasteiger partial charge on any atom is 0.244 e. The Labute approximate surface area is 129 Å². The number of rotatable bonds is 5. The van der Waals surface area contributed by atoms with Crippen molar-refractivity contribution in [2.24, 2.45) is 0 Å². The third-order valence-corrected chi connectivity index (χ3v) is 3.56. The van der Waals surface area contributed by atoms with Gasteiger partial charge in [-0.25, -0.2) is 0 Å². The third-order valence-electron chi connectivity index (χ3n) is 3.56. The van der Waals surface area contributed by atoms with Gasteiger partial charge in [0, 0.05) is 5.56 Å². The quantitative estimate of drug-likeness (QED) is 0.850. The molecule has 0 radical (unpaired) electrons. The number of benzene rings is 1. The molecule has 6 nitrogen and oxygen atoms in total. The van der Waals surface area contributed by atoms with Crippen molar-refractivity contribution in [2.75, 3.05) is 0 Å². The molecule has 1 heterocycles. The Morgan fingerprint density at radius 2 is 2.18 bits per heavy atom. The average Bonchev–Trinajstić information content (AvgIpc) is 2.95. The van der Waals surface area contributed by atoms with Gasteiger partial charge < -0.3 is 5.32 Å². The Balaban J connectivity index is 2.09. The van der Waals surface area contributed by atoms with E-state index in [1.54, 1.807) is 6.92 Å². The fourth-order valence-corrected chi connectivity index (χ4v) is 1.94. The van der Waals surface area contributed by atoms with E-state index in [0.29, 0.717) is 12.2 Å². The van der Waals surface area contributed by atoms with Gasteiger partial charge in [0.2, 0.25) is 11.7 Å². The first-order valence-electron chi connectivity index (χ1n) is 7.10. The molecule has 1 aromatic heterocycles. The lowest BCUT2D eigenvalue weighted by Gasteiger charge is -2.22. The lowest BCUT2D eigenvalue weighted by atomic mass is 10.0. The van der Waals surface area contributed by atoms with E-state index in [4.69, 9.17) is 6.42 Å². The summed E-state index contributed by atoms with van der Waals surface area (Å²) < 4.78 is 0. The molecule has 0 spiro atoms. The maximum absolute atomic E-state index is 12.0. The number of tetrazole rings is 1. The van der Waals surface area contributed by atoms with Crippen LogP contribution in [-0.4, -0.2) is 31.7 Å². The molecular formula is C16H19N5O. The van der Waals surface area contributed by atoms with E-state index in [2.05, 4.69) is 26.6 Å². The average molecular weight is 297 g/mol. The van der Waals surface area contributed by atoms with Gasteiger partial charge in [-0.15, -0.1) is 16.6 Å². The van der Waals surface area contributed by atoms with Gasteiger partial charge in [-0.05, 0) is 31.0 Å². The number of terminal acetylenes is 1. The minimum Gasteiger partial charge on any atom is -0.338 e. The molecule has 0 bridgehead atoms. The molecule has 1 atom stereocenters. The number of hydrogen-bond acceptors (Lipinski definition) is 4. The van der Waals surface area contributed by atoms with Crippen molar-refractivity contribution in [1.29, 1.82) is 0 Å². The van der Waals surface area contributed by atoms with Crippen LogP contribution >= 0.6 is 0 Å². The number of carbonyl (C=O) groups excluding carboxylic acids is 1. The van der Waals surface area contributed by atoms with Crippen molar-refractivity contribution < 1.29 is 4.79 Å². The number of aromatic nitrogens is 4. The van der Waals surface area contributed by atoms with Gasteiger partial charge in [-0.3, -0.25) is 4.79 Å². The molecule has 0 aliphatic heterocycles. The third kappa shape index (κ3) is 3.50. The number of nitrogens with zero attached hydrogens (tertiary/aromatic N) is 4. The van der Waals surface area contributed by atoms with E-state index >= 15 is 0 Å². The zero-order valence-corrected chi connectivity index (χ0v) is 13.0. The topological polar surface area (TPSA) is 72.7 Å². The SMILES string of the molecule is C#C[C@](C)(CC)NC(=O)Cn1nnc(-c2ccccc2C)n1. The smallest absolute Gasteiger partial charge is 0.244 e. The second kappa shape index (κ2) is 6.39. The number of carbonyl (C=O) groups is 1.